The van der Waals surface area contributed by atoms with Crippen molar-refractivity contribution in [1.29, 1.82) is 0 Å². The van der Waals surface area contributed by atoms with Gasteiger partial charge >= 0.3 is 6.18 Å². The van der Waals surface area contributed by atoms with Crippen molar-refractivity contribution in [3.8, 4) is 0 Å². The fourth-order valence-corrected chi connectivity index (χ4v) is 4.09. The van der Waals surface area contributed by atoms with Gasteiger partial charge in [-0.25, -0.2) is 12.8 Å². The number of carbonyl (C=O) groups excluding carboxylic acids is 1. The van der Waals surface area contributed by atoms with Gasteiger partial charge in [-0.1, -0.05) is 30.3 Å². The Morgan fingerprint density at radius 2 is 1.59 bits per heavy atom. The number of halogens is 4. The summed E-state index contributed by atoms with van der Waals surface area (Å²) >= 11 is 0. The van der Waals surface area contributed by atoms with E-state index in [2.05, 4.69) is 4.72 Å². The smallest absolute Gasteiger partial charge is 0.338 e. The van der Waals surface area contributed by atoms with E-state index in [0.717, 1.165) is 36.4 Å². The molecular weight excluding hydrogens is 472 g/mol. The molecule has 0 heterocycles. The van der Waals surface area contributed by atoms with Gasteiger partial charge in [0, 0.05) is 19.7 Å². The zero-order valence-electron chi connectivity index (χ0n) is 17.9. The van der Waals surface area contributed by atoms with Crippen molar-refractivity contribution in [2.75, 3.05) is 11.8 Å². The molecular formula is C24H20F4N2O3S. The van der Waals surface area contributed by atoms with Crippen LogP contribution in [0, 0.1) is 5.82 Å². The molecule has 0 bridgehead atoms. The van der Waals surface area contributed by atoms with Crippen LogP contribution in [-0.4, -0.2) is 26.3 Å². The van der Waals surface area contributed by atoms with Crippen LogP contribution in [0.25, 0.3) is 6.08 Å². The Morgan fingerprint density at radius 3 is 2.21 bits per heavy atom. The Labute approximate surface area is 194 Å². The molecule has 3 rings (SSSR count). The topological polar surface area (TPSA) is 66.5 Å². The first-order valence-electron chi connectivity index (χ1n) is 9.92. The zero-order chi connectivity index (χ0) is 24.9. The van der Waals surface area contributed by atoms with E-state index in [4.69, 9.17) is 0 Å². The number of carbonyl (C=O) groups is 1. The molecule has 5 nitrogen and oxygen atoms in total. The molecule has 34 heavy (non-hydrogen) atoms. The molecule has 0 aliphatic carbocycles. The number of rotatable bonds is 7. The molecule has 0 aromatic heterocycles. The summed E-state index contributed by atoms with van der Waals surface area (Å²) in [6.07, 6.45) is -1.83. The molecule has 3 aromatic rings. The number of nitrogens with zero attached hydrogens (tertiary/aromatic N) is 1. The summed E-state index contributed by atoms with van der Waals surface area (Å²) in [7, 11) is -2.48. The number of alkyl halides is 3. The van der Waals surface area contributed by atoms with E-state index in [-0.39, 0.29) is 17.1 Å². The van der Waals surface area contributed by atoms with Crippen molar-refractivity contribution >= 4 is 27.7 Å². The molecule has 0 unspecified atom stereocenters. The molecule has 3 aromatic carbocycles. The van der Waals surface area contributed by atoms with Gasteiger partial charge in [0.2, 0.25) is 5.91 Å². The lowest BCUT2D eigenvalue weighted by Gasteiger charge is -2.18. The average molecular weight is 492 g/mol. The van der Waals surface area contributed by atoms with Crippen molar-refractivity contribution in [1.82, 2.24) is 4.90 Å². The van der Waals surface area contributed by atoms with Gasteiger partial charge in [-0.3, -0.25) is 9.52 Å². The van der Waals surface area contributed by atoms with Gasteiger partial charge in [-0.05, 0) is 59.7 Å². The summed E-state index contributed by atoms with van der Waals surface area (Å²) in [5, 5.41) is 0. The lowest BCUT2D eigenvalue weighted by Crippen LogP contribution is -2.25. The molecule has 1 N–H and O–H groups in total. The van der Waals surface area contributed by atoms with Crippen LogP contribution in [0.4, 0.5) is 23.2 Å². The second-order valence-electron chi connectivity index (χ2n) is 7.36. The summed E-state index contributed by atoms with van der Waals surface area (Å²) in [6, 6.07) is 15.2. The Kier molecular flexibility index (Phi) is 7.41. The standard InChI is InChI=1S/C24H20F4N2O3S/c1-30(23(31)15-8-17-6-9-19(10-7-17)24(26,27)28)16-18-4-2-3-5-22(18)29-34(32,33)21-13-11-20(25)12-14-21/h2-15,29H,16H2,1H3/b15-8+. The van der Waals surface area contributed by atoms with Gasteiger partial charge in [0.15, 0.2) is 0 Å². The molecule has 0 radical (unpaired) electrons. The van der Waals surface area contributed by atoms with Gasteiger partial charge in [0.1, 0.15) is 5.82 Å². The third-order valence-electron chi connectivity index (χ3n) is 4.83. The van der Waals surface area contributed by atoms with E-state index in [9.17, 15) is 30.8 Å². The molecule has 0 saturated heterocycles. The zero-order valence-corrected chi connectivity index (χ0v) is 18.7. The van der Waals surface area contributed by atoms with Crippen LogP contribution in [-0.2, 0) is 27.5 Å². The Hall–Kier alpha value is -3.66. The first-order chi connectivity index (χ1) is 16.0. The number of hydrogen-bond acceptors (Lipinski definition) is 3. The molecule has 10 heteroatoms. The number of para-hydroxylation sites is 1. The van der Waals surface area contributed by atoms with Gasteiger partial charge in [-0.15, -0.1) is 0 Å². The molecule has 0 aliphatic rings. The second kappa shape index (κ2) is 10.1. The van der Waals surface area contributed by atoms with Crippen molar-refractivity contribution in [3.63, 3.8) is 0 Å². The van der Waals surface area contributed by atoms with Crippen molar-refractivity contribution in [2.24, 2.45) is 0 Å². The molecule has 0 fully saturated rings. The van der Waals surface area contributed by atoms with E-state index in [1.165, 1.54) is 42.3 Å². The number of anilines is 1. The number of amides is 1. The summed E-state index contributed by atoms with van der Waals surface area (Å²) in [5.74, 6) is -1.00. The fourth-order valence-electron chi connectivity index (χ4n) is 2.99. The highest BCUT2D eigenvalue weighted by atomic mass is 32.2. The first kappa shape index (κ1) is 25.0. The highest BCUT2D eigenvalue weighted by Gasteiger charge is 2.29. The number of sulfonamides is 1. The summed E-state index contributed by atoms with van der Waals surface area (Å²) in [4.78, 5) is 13.7. The number of likely N-dealkylation sites (N-methyl/N-ethyl adjacent to an activating group) is 1. The van der Waals surface area contributed by atoms with Crippen LogP contribution in [0.1, 0.15) is 16.7 Å². The second-order valence-corrected chi connectivity index (χ2v) is 9.05. The minimum Gasteiger partial charge on any atom is -0.338 e. The quantitative estimate of drug-likeness (QED) is 0.359. The van der Waals surface area contributed by atoms with E-state index < -0.39 is 33.5 Å². The Morgan fingerprint density at radius 1 is 0.971 bits per heavy atom. The largest absolute Gasteiger partial charge is 0.416 e. The minimum atomic E-state index is -4.44. The maximum Gasteiger partial charge on any atom is 0.416 e. The van der Waals surface area contributed by atoms with Gasteiger partial charge < -0.3 is 4.90 Å². The van der Waals surface area contributed by atoms with Crippen molar-refractivity contribution < 1.29 is 30.8 Å². The van der Waals surface area contributed by atoms with Crippen molar-refractivity contribution in [3.05, 3.63) is 101 Å². The normalized spacial score (nSPS) is 12.0. The predicted octanol–water partition coefficient (Wildman–Crippen LogP) is 5.32. The van der Waals surface area contributed by atoms with Crippen LogP contribution in [0.5, 0.6) is 0 Å². The van der Waals surface area contributed by atoms with Crippen LogP contribution in [0.15, 0.2) is 83.8 Å². The van der Waals surface area contributed by atoms with E-state index in [0.29, 0.717) is 11.1 Å². The lowest BCUT2D eigenvalue weighted by atomic mass is 10.1. The maximum atomic E-state index is 13.1. The van der Waals surface area contributed by atoms with Crippen molar-refractivity contribution in [2.45, 2.75) is 17.6 Å². The third-order valence-corrected chi connectivity index (χ3v) is 6.21. The molecule has 178 valence electrons. The van der Waals surface area contributed by atoms with E-state index in [1.807, 2.05) is 0 Å². The molecule has 0 aliphatic heterocycles. The first-order valence-corrected chi connectivity index (χ1v) is 11.4. The highest BCUT2D eigenvalue weighted by Crippen LogP contribution is 2.29. The number of hydrogen-bond donors (Lipinski definition) is 1. The Bertz CT molecular complexity index is 1290. The van der Waals surface area contributed by atoms with Gasteiger partial charge in [0.05, 0.1) is 16.1 Å². The van der Waals surface area contributed by atoms with Gasteiger partial charge in [0.25, 0.3) is 10.0 Å². The number of nitrogens with one attached hydrogen (secondary N) is 1. The van der Waals surface area contributed by atoms with Gasteiger partial charge in [-0.2, -0.15) is 13.2 Å². The molecule has 0 spiro atoms. The summed E-state index contributed by atoms with van der Waals surface area (Å²) < 4.78 is 78.8. The Balaban J connectivity index is 1.70. The fraction of sp³-hybridized carbons (Fsp3) is 0.125. The SMILES string of the molecule is CN(Cc1ccccc1NS(=O)(=O)c1ccc(F)cc1)C(=O)/C=C/c1ccc(C(F)(F)F)cc1. The molecule has 1 amide bonds. The highest BCUT2D eigenvalue weighted by molar-refractivity contribution is 7.92. The number of benzene rings is 3. The molecule has 0 atom stereocenters. The summed E-state index contributed by atoms with van der Waals surface area (Å²) in [6.45, 7) is 0.0539. The summed E-state index contributed by atoms with van der Waals surface area (Å²) in [5.41, 5.74) is 0.389. The van der Waals surface area contributed by atoms with Crippen LogP contribution in [0.3, 0.4) is 0 Å². The predicted molar refractivity (Wildman–Crippen MR) is 121 cm³/mol. The minimum absolute atomic E-state index is 0.0539. The third kappa shape index (κ3) is 6.44. The van der Waals surface area contributed by atoms with Crippen LogP contribution < -0.4 is 4.72 Å². The van der Waals surface area contributed by atoms with E-state index >= 15 is 0 Å². The monoisotopic (exact) mass is 492 g/mol. The maximum absolute atomic E-state index is 13.1. The van der Waals surface area contributed by atoms with Crippen LogP contribution in [0.2, 0.25) is 0 Å². The molecule has 0 saturated carbocycles. The van der Waals surface area contributed by atoms with Crippen LogP contribution >= 0.6 is 0 Å². The van der Waals surface area contributed by atoms with E-state index in [1.54, 1.807) is 18.2 Å². The average Bonchev–Trinajstić information content (AvgIpc) is 2.78. The lowest BCUT2D eigenvalue weighted by molar-refractivity contribution is -0.137.